The quantitative estimate of drug-likeness (QED) is 0.807. The van der Waals surface area contributed by atoms with Crippen LogP contribution in [0.25, 0.3) is 0 Å². The van der Waals surface area contributed by atoms with Gasteiger partial charge in [0.1, 0.15) is 5.69 Å². The van der Waals surface area contributed by atoms with Gasteiger partial charge in [-0.1, -0.05) is 12.2 Å². The molecule has 1 amide bonds. The van der Waals surface area contributed by atoms with Crippen molar-refractivity contribution in [3.63, 3.8) is 0 Å². The van der Waals surface area contributed by atoms with Gasteiger partial charge in [0, 0.05) is 19.7 Å². The summed E-state index contributed by atoms with van der Waals surface area (Å²) < 4.78 is 0. The molecule has 0 spiro atoms. The Morgan fingerprint density at radius 1 is 1.53 bits per heavy atom. The highest BCUT2D eigenvalue weighted by molar-refractivity contribution is 5.95. The van der Waals surface area contributed by atoms with Crippen LogP contribution in [0.2, 0.25) is 0 Å². The normalized spacial score (nSPS) is 18.3. The lowest BCUT2D eigenvalue weighted by Gasteiger charge is -2.24. The van der Waals surface area contributed by atoms with Crippen LogP contribution in [0.5, 0.6) is 0 Å². The second-order valence-corrected chi connectivity index (χ2v) is 4.81. The van der Waals surface area contributed by atoms with Crippen molar-refractivity contribution in [2.75, 3.05) is 13.6 Å². The van der Waals surface area contributed by atoms with Crippen molar-refractivity contribution >= 4 is 11.9 Å². The number of H-pyrrole nitrogens is 1. The molecule has 0 radical (unpaired) electrons. The number of rotatable bonds is 4. The second-order valence-electron chi connectivity index (χ2n) is 4.81. The number of aromatic carboxylic acids is 1. The smallest absolute Gasteiger partial charge is 0.353 e. The Kier molecular flexibility index (Phi) is 3.99. The van der Waals surface area contributed by atoms with Gasteiger partial charge in [-0.25, -0.2) is 4.79 Å². The summed E-state index contributed by atoms with van der Waals surface area (Å²) in [5, 5.41) is 14.9. The van der Waals surface area contributed by atoms with E-state index in [1.165, 1.54) is 6.07 Å². The van der Waals surface area contributed by atoms with Gasteiger partial charge in [-0.15, -0.1) is 0 Å². The van der Waals surface area contributed by atoms with Crippen LogP contribution in [0.4, 0.5) is 0 Å². The summed E-state index contributed by atoms with van der Waals surface area (Å²) in [6.07, 6.45) is 7.42. The van der Waals surface area contributed by atoms with E-state index >= 15 is 0 Å². The zero-order valence-electron chi connectivity index (χ0n) is 10.8. The van der Waals surface area contributed by atoms with Crippen molar-refractivity contribution in [3.05, 3.63) is 29.6 Å². The van der Waals surface area contributed by atoms with Crippen molar-refractivity contribution in [3.8, 4) is 0 Å². The van der Waals surface area contributed by atoms with Crippen LogP contribution in [0.3, 0.4) is 0 Å². The van der Waals surface area contributed by atoms with E-state index in [0.29, 0.717) is 12.5 Å². The van der Waals surface area contributed by atoms with E-state index in [9.17, 15) is 9.59 Å². The van der Waals surface area contributed by atoms with Crippen LogP contribution < -0.4 is 0 Å². The van der Waals surface area contributed by atoms with Crippen molar-refractivity contribution in [1.82, 2.24) is 15.1 Å². The highest BCUT2D eigenvalue weighted by atomic mass is 16.4. The van der Waals surface area contributed by atoms with Gasteiger partial charge >= 0.3 is 5.97 Å². The van der Waals surface area contributed by atoms with Gasteiger partial charge in [0.2, 0.25) is 0 Å². The molecule has 0 fully saturated rings. The Balaban J connectivity index is 1.97. The first-order valence-corrected chi connectivity index (χ1v) is 6.27. The zero-order chi connectivity index (χ0) is 13.8. The molecule has 1 unspecified atom stereocenters. The number of carboxylic acids is 1. The van der Waals surface area contributed by atoms with Gasteiger partial charge in [0.15, 0.2) is 5.69 Å². The number of carbonyl (C=O) groups is 2. The minimum atomic E-state index is -1.12. The van der Waals surface area contributed by atoms with Crippen LogP contribution in [0.15, 0.2) is 18.2 Å². The zero-order valence-corrected chi connectivity index (χ0v) is 10.8. The number of aromatic nitrogens is 2. The third-order valence-corrected chi connectivity index (χ3v) is 3.28. The number of allylic oxidation sites excluding steroid dienone is 2. The first-order valence-electron chi connectivity index (χ1n) is 6.27. The molecule has 1 aliphatic rings. The fourth-order valence-electron chi connectivity index (χ4n) is 2.23. The summed E-state index contributed by atoms with van der Waals surface area (Å²) in [6.45, 7) is 0.665. The van der Waals surface area contributed by atoms with E-state index in [1.807, 2.05) is 0 Å². The van der Waals surface area contributed by atoms with Crippen LogP contribution >= 0.6 is 0 Å². The Morgan fingerprint density at radius 3 is 2.89 bits per heavy atom. The lowest BCUT2D eigenvalue weighted by Crippen LogP contribution is -2.32. The Labute approximate surface area is 111 Å². The SMILES string of the molecule is CN(CC1CC=CCC1)C(=O)c1cc(C(=O)O)[nH]n1. The molecule has 0 bridgehead atoms. The summed E-state index contributed by atoms with van der Waals surface area (Å²) in [5.41, 5.74) is 0.0728. The van der Waals surface area contributed by atoms with Gasteiger partial charge in [-0.05, 0) is 25.2 Å². The molecule has 102 valence electrons. The Hall–Kier alpha value is -2.11. The van der Waals surface area contributed by atoms with Gasteiger partial charge in [-0.3, -0.25) is 9.89 Å². The van der Waals surface area contributed by atoms with Gasteiger partial charge in [-0.2, -0.15) is 5.10 Å². The monoisotopic (exact) mass is 263 g/mol. The van der Waals surface area contributed by atoms with Gasteiger partial charge in [0.25, 0.3) is 5.91 Å². The molecule has 1 atom stereocenters. The third kappa shape index (κ3) is 3.21. The fourth-order valence-corrected chi connectivity index (χ4v) is 2.23. The topological polar surface area (TPSA) is 86.3 Å². The van der Waals surface area contributed by atoms with Crippen LogP contribution in [0, 0.1) is 5.92 Å². The van der Waals surface area contributed by atoms with Crippen molar-refractivity contribution < 1.29 is 14.7 Å². The highest BCUT2D eigenvalue weighted by Crippen LogP contribution is 2.19. The van der Waals surface area contributed by atoms with Crippen molar-refractivity contribution in [2.24, 2.45) is 5.92 Å². The van der Waals surface area contributed by atoms with Crippen molar-refractivity contribution in [2.45, 2.75) is 19.3 Å². The largest absolute Gasteiger partial charge is 0.477 e. The van der Waals surface area contributed by atoms with Crippen LogP contribution in [-0.2, 0) is 0 Å². The summed E-state index contributed by atoms with van der Waals surface area (Å²) in [5.74, 6) is -0.901. The molecule has 1 aromatic rings. The Bertz CT molecular complexity index is 507. The van der Waals surface area contributed by atoms with E-state index in [4.69, 9.17) is 5.11 Å². The number of hydrogen-bond acceptors (Lipinski definition) is 3. The predicted octanol–water partition coefficient (Wildman–Crippen LogP) is 1.54. The summed E-state index contributed by atoms with van der Waals surface area (Å²) in [6, 6.07) is 1.27. The van der Waals surface area contributed by atoms with Crippen molar-refractivity contribution in [1.29, 1.82) is 0 Å². The van der Waals surface area contributed by atoms with E-state index in [0.717, 1.165) is 19.3 Å². The molecule has 0 saturated heterocycles. The maximum absolute atomic E-state index is 12.1. The molecule has 0 aromatic carbocycles. The summed E-state index contributed by atoms with van der Waals surface area (Å²) in [4.78, 5) is 24.4. The number of carboxylic acid groups (broad SMARTS) is 1. The predicted molar refractivity (Wildman–Crippen MR) is 69.0 cm³/mol. The molecule has 19 heavy (non-hydrogen) atoms. The van der Waals surface area contributed by atoms with E-state index in [1.54, 1.807) is 11.9 Å². The average Bonchev–Trinajstić information content (AvgIpc) is 2.88. The van der Waals surface area contributed by atoms with Gasteiger partial charge in [0.05, 0.1) is 0 Å². The first kappa shape index (κ1) is 13.3. The minimum Gasteiger partial charge on any atom is -0.477 e. The van der Waals surface area contributed by atoms with E-state index < -0.39 is 5.97 Å². The number of nitrogens with zero attached hydrogens (tertiary/aromatic N) is 2. The third-order valence-electron chi connectivity index (χ3n) is 3.28. The maximum Gasteiger partial charge on any atom is 0.353 e. The average molecular weight is 263 g/mol. The fraction of sp³-hybridized carbons (Fsp3) is 0.462. The van der Waals surface area contributed by atoms with E-state index in [-0.39, 0.29) is 17.3 Å². The summed E-state index contributed by atoms with van der Waals surface area (Å²) in [7, 11) is 1.72. The molecule has 1 aromatic heterocycles. The molecule has 0 saturated carbocycles. The number of hydrogen-bond donors (Lipinski definition) is 2. The first-order chi connectivity index (χ1) is 9.08. The number of carbonyl (C=O) groups excluding carboxylic acids is 1. The summed E-state index contributed by atoms with van der Waals surface area (Å²) >= 11 is 0. The number of amides is 1. The molecule has 2 rings (SSSR count). The molecule has 1 heterocycles. The number of aromatic amines is 1. The number of nitrogens with one attached hydrogen (secondary N) is 1. The standard InChI is InChI=1S/C13H17N3O3/c1-16(8-9-5-3-2-4-6-9)12(17)10-7-11(13(18)19)15-14-10/h2-3,7,9H,4-6,8H2,1H3,(H,14,15)(H,18,19). The molecule has 6 heteroatoms. The van der Waals surface area contributed by atoms with Gasteiger partial charge < -0.3 is 10.0 Å². The molecule has 0 aliphatic heterocycles. The molecule has 6 nitrogen and oxygen atoms in total. The highest BCUT2D eigenvalue weighted by Gasteiger charge is 2.20. The molecule has 1 aliphatic carbocycles. The molecule has 2 N–H and O–H groups in total. The second kappa shape index (κ2) is 5.69. The van der Waals surface area contributed by atoms with E-state index in [2.05, 4.69) is 22.3 Å². The Morgan fingerprint density at radius 2 is 2.32 bits per heavy atom. The van der Waals surface area contributed by atoms with Crippen LogP contribution in [-0.4, -0.2) is 45.7 Å². The molecular formula is C13H17N3O3. The maximum atomic E-state index is 12.1. The molecular weight excluding hydrogens is 246 g/mol. The lowest BCUT2D eigenvalue weighted by atomic mass is 9.94. The minimum absolute atomic E-state index is 0.0719. The lowest BCUT2D eigenvalue weighted by molar-refractivity contribution is 0.0690. The van der Waals surface area contributed by atoms with Crippen LogP contribution in [0.1, 0.15) is 40.2 Å².